The molecule has 0 saturated carbocycles. The molecule has 0 aromatic carbocycles. The van der Waals surface area contributed by atoms with Gasteiger partial charge in [0.05, 0.1) is 6.10 Å². The zero-order valence-corrected chi connectivity index (χ0v) is 11.1. The number of hydrogen-bond acceptors (Lipinski definition) is 5. The first-order chi connectivity index (χ1) is 9.14. The molecule has 2 saturated heterocycles. The fourth-order valence-corrected chi connectivity index (χ4v) is 3.17. The van der Waals surface area contributed by atoms with Gasteiger partial charge in [-0.1, -0.05) is 0 Å². The Bertz CT molecular complexity index is 438. The van der Waals surface area contributed by atoms with Crippen LogP contribution in [0.1, 0.15) is 19.8 Å². The number of amidine groups is 1. The summed E-state index contributed by atoms with van der Waals surface area (Å²) in [4.78, 5) is 18.4. The van der Waals surface area contributed by atoms with Gasteiger partial charge in [-0.25, -0.2) is 4.99 Å². The molecule has 104 valence electrons. The number of β-lactam (4-membered cyclic amide) rings is 1. The summed E-state index contributed by atoms with van der Waals surface area (Å²) in [6.45, 7) is 3.95. The van der Waals surface area contributed by atoms with Crippen molar-refractivity contribution in [2.45, 2.75) is 37.5 Å². The minimum absolute atomic E-state index is 0.0925. The van der Waals surface area contributed by atoms with Crippen molar-refractivity contribution in [2.75, 3.05) is 19.6 Å². The van der Waals surface area contributed by atoms with Gasteiger partial charge in [-0.15, -0.1) is 0 Å². The maximum atomic E-state index is 12.4. The molecule has 1 amide bonds. The maximum absolute atomic E-state index is 12.4. The maximum Gasteiger partial charge on any atom is 0.245 e. The van der Waals surface area contributed by atoms with Crippen LogP contribution in [0.3, 0.4) is 0 Å². The van der Waals surface area contributed by atoms with Crippen molar-refractivity contribution < 1.29 is 9.90 Å². The summed E-state index contributed by atoms with van der Waals surface area (Å²) in [5, 5.41) is 16.4. The minimum Gasteiger partial charge on any atom is -0.391 e. The number of aliphatic hydroxyl groups is 1. The number of carbonyl (C=O) groups is 1. The Morgan fingerprint density at radius 1 is 1.58 bits per heavy atom. The van der Waals surface area contributed by atoms with Crippen LogP contribution in [0.4, 0.5) is 0 Å². The van der Waals surface area contributed by atoms with Gasteiger partial charge >= 0.3 is 0 Å². The van der Waals surface area contributed by atoms with Crippen molar-refractivity contribution in [1.82, 2.24) is 15.5 Å². The lowest BCUT2D eigenvalue weighted by Gasteiger charge is -2.51. The largest absolute Gasteiger partial charge is 0.391 e. The monoisotopic (exact) mass is 264 g/mol. The van der Waals surface area contributed by atoms with Gasteiger partial charge in [0.1, 0.15) is 17.4 Å². The van der Waals surface area contributed by atoms with Gasteiger partial charge < -0.3 is 20.6 Å². The molecule has 6 heteroatoms. The number of rotatable bonds is 3. The van der Waals surface area contributed by atoms with Crippen molar-refractivity contribution >= 4 is 11.7 Å². The molecule has 3 aliphatic rings. The fraction of sp³-hybridized carbons (Fsp3) is 0.692. The highest BCUT2D eigenvalue weighted by Crippen LogP contribution is 2.33. The molecular formula is C13H20N4O2. The number of amides is 1. The quantitative estimate of drug-likeness (QED) is 0.584. The standard InChI is InChI=1S/C13H20N4O2/c1-9(18)10(11-14-5-3-6-15-11)17-8-13(12(17)19)4-2-7-16-13/h3,5,9-10,16,18H,2,4,6-8H2,1H3,(H,14,15). The van der Waals surface area contributed by atoms with E-state index in [1.807, 2.05) is 6.08 Å². The van der Waals surface area contributed by atoms with E-state index in [4.69, 9.17) is 0 Å². The predicted molar refractivity (Wildman–Crippen MR) is 71.7 cm³/mol. The van der Waals surface area contributed by atoms with Crippen LogP contribution in [0.25, 0.3) is 0 Å². The normalized spacial score (nSPS) is 32.8. The second-order valence-electron chi connectivity index (χ2n) is 5.51. The number of likely N-dealkylation sites (tertiary alicyclic amines) is 1. The molecule has 0 radical (unpaired) electrons. The minimum atomic E-state index is -0.638. The lowest BCUT2D eigenvalue weighted by atomic mass is 9.84. The van der Waals surface area contributed by atoms with Gasteiger partial charge in [0, 0.05) is 19.3 Å². The summed E-state index contributed by atoms with van der Waals surface area (Å²) < 4.78 is 0. The third-order valence-corrected chi connectivity index (χ3v) is 4.15. The van der Waals surface area contributed by atoms with E-state index in [1.54, 1.807) is 18.0 Å². The first-order valence-electron chi connectivity index (χ1n) is 6.85. The third-order valence-electron chi connectivity index (χ3n) is 4.15. The van der Waals surface area contributed by atoms with Crippen LogP contribution >= 0.6 is 0 Å². The van der Waals surface area contributed by atoms with Crippen LogP contribution in [-0.4, -0.2) is 59.1 Å². The van der Waals surface area contributed by atoms with Crippen LogP contribution in [0.2, 0.25) is 0 Å². The Balaban J connectivity index is 1.77. The van der Waals surface area contributed by atoms with E-state index in [0.29, 0.717) is 18.9 Å². The number of aliphatic hydroxyl groups excluding tert-OH is 1. The van der Waals surface area contributed by atoms with Crippen LogP contribution in [0.15, 0.2) is 17.3 Å². The van der Waals surface area contributed by atoms with E-state index in [-0.39, 0.29) is 17.5 Å². The van der Waals surface area contributed by atoms with E-state index in [1.165, 1.54) is 0 Å². The van der Waals surface area contributed by atoms with Crippen LogP contribution in [0, 0.1) is 0 Å². The molecule has 3 atom stereocenters. The molecule has 1 spiro atoms. The highest BCUT2D eigenvalue weighted by Gasteiger charge is 2.56. The van der Waals surface area contributed by atoms with Crippen molar-refractivity contribution in [3.63, 3.8) is 0 Å². The highest BCUT2D eigenvalue weighted by molar-refractivity contribution is 5.99. The first kappa shape index (κ1) is 12.6. The van der Waals surface area contributed by atoms with E-state index in [0.717, 1.165) is 19.4 Å². The highest BCUT2D eigenvalue weighted by atomic mass is 16.3. The fourth-order valence-electron chi connectivity index (χ4n) is 3.17. The molecule has 0 bridgehead atoms. The second-order valence-corrected chi connectivity index (χ2v) is 5.51. The lowest BCUT2D eigenvalue weighted by Crippen LogP contribution is -2.76. The van der Waals surface area contributed by atoms with Crippen LogP contribution < -0.4 is 10.6 Å². The number of carbonyl (C=O) groups excluding carboxylic acids is 1. The summed E-state index contributed by atoms with van der Waals surface area (Å²) >= 11 is 0. The topological polar surface area (TPSA) is 77.0 Å². The van der Waals surface area contributed by atoms with Gasteiger partial charge in [0.15, 0.2) is 0 Å². The van der Waals surface area contributed by atoms with Crippen molar-refractivity contribution in [3.05, 3.63) is 12.3 Å². The summed E-state index contributed by atoms with van der Waals surface area (Å²) in [6, 6.07) is -0.370. The zero-order valence-electron chi connectivity index (χ0n) is 11.1. The molecular weight excluding hydrogens is 244 g/mol. The van der Waals surface area contributed by atoms with Gasteiger partial charge in [-0.05, 0) is 32.4 Å². The zero-order chi connectivity index (χ0) is 13.5. The molecule has 0 aromatic heterocycles. The van der Waals surface area contributed by atoms with E-state index < -0.39 is 6.10 Å². The molecule has 3 N–H and O–H groups in total. The van der Waals surface area contributed by atoms with Gasteiger partial charge in [0.2, 0.25) is 5.91 Å². The number of nitrogens with zero attached hydrogens (tertiary/aromatic N) is 2. The van der Waals surface area contributed by atoms with Gasteiger partial charge in [-0.3, -0.25) is 4.79 Å². The summed E-state index contributed by atoms with van der Waals surface area (Å²) in [7, 11) is 0. The Morgan fingerprint density at radius 2 is 2.42 bits per heavy atom. The summed E-state index contributed by atoms with van der Waals surface area (Å²) in [5.74, 6) is 0.772. The molecule has 3 unspecified atom stereocenters. The molecule has 19 heavy (non-hydrogen) atoms. The summed E-state index contributed by atoms with van der Waals surface area (Å²) in [6.07, 6.45) is 4.92. The third kappa shape index (κ3) is 1.95. The van der Waals surface area contributed by atoms with Crippen molar-refractivity contribution in [1.29, 1.82) is 0 Å². The van der Waals surface area contributed by atoms with E-state index >= 15 is 0 Å². The van der Waals surface area contributed by atoms with E-state index in [9.17, 15) is 9.90 Å². The second kappa shape index (κ2) is 4.61. The van der Waals surface area contributed by atoms with E-state index in [2.05, 4.69) is 15.6 Å². The average molecular weight is 264 g/mol. The smallest absolute Gasteiger partial charge is 0.245 e. The van der Waals surface area contributed by atoms with Crippen LogP contribution in [-0.2, 0) is 4.79 Å². The molecule has 3 heterocycles. The molecule has 3 aliphatic heterocycles. The number of aliphatic imine (C=N–C) groups is 1. The SMILES string of the molecule is CC(O)C(C1=NC=CCN1)N1CC2(CCCN2)C1=O. The lowest BCUT2D eigenvalue weighted by molar-refractivity contribution is -0.156. The Hall–Kier alpha value is -1.40. The average Bonchev–Trinajstić information content (AvgIpc) is 2.90. The predicted octanol–water partition coefficient (Wildman–Crippen LogP) is -0.784. The summed E-state index contributed by atoms with van der Waals surface area (Å²) in [5.41, 5.74) is -0.363. The van der Waals surface area contributed by atoms with Crippen molar-refractivity contribution in [2.24, 2.45) is 4.99 Å². The first-order valence-corrected chi connectivity index (χ1v) is 6.85. The Morgan fingerprint density at radius 3 is 2.95 bits per heavy atom. The molecule has 0 aliphatic carbocycles. The number of hydrogen-bond donors (Lipinski definition) is 3. The molecule has 0 aromatic rings. The van der Waals surface area contributed by atoms with Crippen molar-refractivity contribution in [3.8, 4) is 0 Å². The molecule has 3 rings (SSSR count). The molecule has 6 nitrogen and oxygen atoms in total. The molecule has 2 fully saturated rings. The Labute approximate surface area is 112 Å². The van der Waals surface area contributed by atoms with Crippen LogP contribution in [0.5, 0.6) is 0 Å². The van der Waals surface area contributed by atoms with Gasteiger partial charge in [-0.2, -0.15) is 0 Å². The van der Waals surface area contributed by atoms with Gasteiger partial charge in [0.25, 0.3) is 0 Å². The Kier molecular flexibility index (Phi) is 3.06. The number of nitrogens with one attached hydrogen (secondary N) is 2.